The minimum Gasteiger partial charge on any atom is -0.480 e. The Hall–Kier alpha value is -2.89. The minimum absolute atomic E-state index is 0.262. The highest BCUT2D eigenvalue weighted by Gasteiger charge is 2.27. The Labute approximate surface area is 165 Å². The molecule has 2 aromatic rings. The van der Waals surface area contributed by atoms with E-state index in [0.717, 1.165) is 37.3 Å². The summed E-state index contributed by atoms with van der Waals surface area (Å²) in [5.41, 5.74) is 1.28. The topological polar surface area (TPSA) is 73.7 Å². The number of benzene rings is 1. The molecule has 1 unspecified atom stereocenters. The van der Waals surface area contributed by atoms with Crippen LogP contribution in [0.2, 0.25) is 0 Å². The summed E-state index contributed by atoms with van der Waals surface area (Å²) in [6.07, 6.45) is 6.62. The molecule has 28 heavy (non-hydrogen) atoms. The highest BCUT2D eigenvalue weighted by Crippen LogP contribution is 2.18. The fourth-order valence-corrected chi connectivity index (χ4v) is 3.57. The van der Waals surface area contributed by atoms with Crippen molar-refractivity contribution in [3.8, 4) is 0 Å². The summed E-state index contributed by atoms with van der Waals surface area (Å²) in [5, 5.41) is 9.63. The predicted octanol–water partition coefficient (Wildman–Crippen LogP) is 3.23. The van der Waals surface area contributed by atoms with E-state index in [-0.39, 0.29) is 12.3 Å². The molecule has 1 aliphatic rings. The van der Waals surface area contributed by atoms with E-state index in [1.807, 2.05) is 36.4 Å². The fraction of sp³-hybridized carbons (Fsp3) is 0.409. The third-order valence-corrected chi connectivity index (χ3v) is 5.27. The number of carbonyl (C=O) groups excluding carboxylic acids is 1. The first-order chi connectivity index (χ1) is 13.6. The second-order valence-corrected chi connectivity index (χ2v) is 7.27. The number of aromatic nitrogens is 1. The molecule has 1 aromatic carbocycles. The maximum Gasteiger partial charge on any atom is 0.326 e. The molecule has 6 heteroatoms. The van der Waals surface area contributed by atoms with E-state index in [2.05, 4.69) is 9.88 Å². The number of likely N-dealkylation sites (N-methyl/N-ethyl adjacent to an activating group) is 1. The second-order valence-electron chi connectivity index (χ2n) is 7.27. The smallest absolute Gasteiger partial charge is 0.326 e. The van der Waals surface area contributed by atoms with Gasteiger partial charge in [0.2, 0.25) is 0 Å². The molecular formula is C22H27N3O3. The van der Waals surface area contributed by atoms with Gasteiger partial charge in [-0.1, -0.05) is 43.2 Å². The minimum atomic E-state index is -1.02. The molecule has 0 spiro atoms. The molecule has 3 rings (SSSR count). The molecule has 1 atom stereocenters. The molecule has 0 aliphatic carbocycles. The largest absolute Gasteiger partial charge is 0.480 e. The lowest BCUT2D eigenvalue weighted by atomic mass is 10.0. The van der Waals surface area contributed by atoms with Gasteiger partial charge in [0.25, 0.3) is 5.91 Å². The van der Waals surface area contributed by atoms with Gasteiger partial charge >= 0.3 is 5.97 Å². The van der Waals surface area contributed by atoms with Crippen LogP contribution in [0, 0.1) is 0 Å². The molecule has 0 saturated carbocycles. The van der Waals surface area contributed by atoms with Gasteiger partial charge in [0.1, 0.15) is 11.9 Å². The van der Waals surface area contributed by atoms with Gasteiger partial charge in [-0.3, -0.25) is 4.79 Å². The van der Waals surface area contributed by atoms with Crippen molar-refractivity contribution in [2.45, 2.75) is 38.1 Å². The van der Waals surface area contributed by atoms with Crippen LogP contribution in [-0.4, -0.2) is 53.0 Å². The van der Waals surface area contributed by atoms with E-state index in [9.17, 15) is 14.7 Å². The predicted molar refractivity (Wildman–Crippen MR) is 109 cm³/mol. The van der Waals surface area contributed by atoms with E-state index in [0.29, 0.717) is 5.56 Å². The van der Waals surface area contributed by atoms with E-state index in [4.69, 9.17) is 0 Å². The van der Waals surface area contributed by atoms with Gasteiger partial charge in [0.05, 0.1) is 5.56 Å². The Morgan fingerprint density at radius 2 is 1.75 bits per heavy atom. The van der Waals surface area contributed by atoms with Crippen LogP contribution in [-0.2, 0) is 11.2 Å². The molecule has 0 bridgehead atoms. The Bertz CT molecular complexity index is 784. The van der Waals surface area contributed by atoms with E-state index >= 15 is 0 Å². The molecular weight excluding hydrogens is 354 g/mol. The number of anilines is 1. The van der Waals surface area contributed by atoms with Gasteiger partial charge in [-0.15, -0.1) is 0 Å². The third kappa shape index (κ3) is 4.88. The lowest BCUT2D eigenvalue weighted by Gasteiger charge is -2.25. The van der Waals surface area contributed by atoms with E-state index in [1.165, 1.54) is 24.8 Å². The maximum atomic E-state index is 12.8. The van der Waals surface area contributed by atoms with Crippen molar-refractivity contribution in [1.82, 2.24) is 9.88 Å². The van der Waals surface area contributed by atoms with Crippen LogP contribution >= 0.6 is 0 Å². The Morgan fingerprint density at radius 1 is 1.07 bits per heavy atom. The average molecular weight is 381 g/mol. The van der Waals surface area contributed by atoms with Gasteiger partial charge in [0.15, 0.2) is 0 Å². The quantitative estimate of drug-likeness (QED) is 0.832. The lowest BCUT2D eigenvalue weighted by molar-refractivity contribution is -0.141. The molecule has 1 N–H and O–H groups in total. The van der Waals surface area contributed by atoms with Crippen LogP contribution in [0.5, 0.6) is 0 Å². The van der Waals surface area contributed by atoms with E-state index < -0.39 is 12.0 Å². The van der Waals surface area contributed by atoms with Crippen molar-refractivity contribution < 1.29 is 14.7 Å². The summed E-state index contributed by atoms with van der Waals surface area (Å²) in [7, 11) is 1.53. The van der Waals surface area contributed by atoms with Gasteiger partial charge in [-0.2, -0.15) is 0 Å². The molecule has 148 valence electrons. The fourth-order valence-electron chi connectivity index (χ4n) is 3.57. The molecule has 1 aliphatic heterocycles. The van der Waals surface area contributed by atoms with Crippen LogP contribution in [0.15, 0.2) is 48.7 Å². The van der Waals surface area contributed by atoms with Crippen LogP contribution in [0.1, 0.15) is 41.6 Å². The number of hydrogen-bond donors (Lipinski definition) is 1. The molecule has 1 aromatic heterocycles. The molecule has 1 fully saturated rings. The SMILES string of the molecule is CN(C(=O)c1ccc(N2CCCCCC2)nc1)C(Cc1ccccc1)C(=O)O. The summed E-state index contributed by atoms with van der Waals surface area (Å²) in [6, 6.07) is 12.0. The van der Waals surface area contributed by atoms with Gasteiger partial charge in [-0.05, 0) is 30.5 Å². The normalized spacial score (nSPS) is 15.5. The summed E-state index contributed by atoms with van der Waals surface area (Å²) < 4.78 is 0. The van der Waals surface area contributed by atoms with Crippen molar-refractivity contribution in [3.05, 3.63) is 59.8 Å². The summed E-state index contributed by atoms with van der Waals surface area (Å²) in [5.74, 6) is -0.479. The average Bonchev–Trinajstić information content (AvgIpc) is 3.01. The van der Waals surface area contributed by atoms with Crippen molar-refractivity contribution in [2.24, 2.45) is 0 Å². The zero-order valence-electron chi connectivity index (χ0n) is 16.3. The first-order valence-corrected chi connectivity index (χ1v) is 9.81. The number of nitrogens with zero attached hydrogens (tertiary/aromatic N) is 3. The summed E-state index contributed by atoms with van der Waals surface area (Å²) in [4.78, 5) is 32.6. The van der Waals surface area contributed by atoms with Gasteiger partial charge in [-0.25, -0.2) is 9.78 Å². The number of rotatable bonds is 6. The number of aliphatic carboxylic acids is 1. The highest BCUT2D eigenvalue weighted by molar-refractivity contribution is 5.96. The summed E-state index contributed by atoms with van der Waals surface area (Å²) in [6.45, 7) is 1.97. The standard InChI is InChI=1S/C22H27N3O3/c1-24(19(22(27)28)15-17-9-5-4-6-10-17)21(26)18-11-12-20(23-16-18)25-13-7-2-3-8-14-25/h4-6,9-12,16,19H,2-3,7-8,13-15H2,1H3,(H,27,28). The lowest BCUT2D eigenvalue weighted by Crippen LogP contribution is -2.43. The van der Waals surface area contributed by atoms with Crippen LogP contribution in [0.4, 0.5) is 5.82 Å². The van der Waals surface area contributed by atoms with Crippen molar-refractivity contribution >= 4 is 17.7 Å². The summed E-state index contributed by atoms with van der Waals surface area (Å²) >= 11 is 0. The zero-order valence-corrected chi connectivity index (χ0v) is 16.3. The molecule has 1 saturated heterocycles. The number of carboxylic acid groups (broad SMARTS) is 1. The monoisotopic (exact) mass is 381 g/mol. The Balaban J connectivity index is 1.71. The van der Waals surface area contributed by atoms with Crippen molar-refractivity contribution in [1.29, 1.82) is 0 Å². The van der Waals surface area contributed by atoms with E-state index in [1.54, 1.807) is 12.3 Å². The number of pyridine rings is 1. The Morgan fingerprint density at radius 3 is 2.32 bits per heavy atom. The maximum absolute atomic E-state index is 12.8. The highest BCUT2D eigenvalue weighted by atomic mass is 16.4. The molecule has 1 amide bonds. The zero-order chi connectivity index (χ0) is 19.9. The number of amides is 1. The Kier molecular flexibility index (Phi) is 6.63. The molecule has 6 nitrogen and oxygen atoms in total. The number of carboxylic acids is 1. The molecule has 2 heterocycles. The van der Waals surface area contributed by atoms with Crippen LogP contribution in [0.25, 0.3) is 0 Å². The van der Waals surface area contributed by atoms with Crippen molar-refractivity contribution in [2.75, 3.05) is 25.0 Å². The first-order valence-electron chi connectivity index (χ1n) is 9.81. The van der Waals surface area contributed by atoms with Crippen LogP contribution < -0.4 is 4.90 Å². The first kappa shape index (κ1) is 19.9. The van der Waals surface area contributed by atoms with Gasteiger partial charge in [0, 0.05) is 32.8 Å². The van der Waals surface area contributed by atoms with Crippen LogP contribution in [0.3, 0.4) is 0 Å². The second kappa shape index (κ2) is 9.35. The van der Waals surface area contributed by atoms with Crippen molar-refractivity contribution in [3.63, 3.8) is 0 Å². The number of carbonyl (C=O) groups is 2. The van der Waals surface area contributed by atoms with Gasteiger partial charge < -0.3 is 14.9 Å². The third-order valence-electron chi connectivity index (χ3n) is 5.27. The number of hydrogen-bond acceptors (Lipinski definition) is 4. The molecule has 0 radical (unpaired) electrons.